The molecule has 4 aliphatic rings. The molecule has 0 aromatic heterocycles. The van der Waals surface area contributed by atoms with Crippen molar-refractivity contribution in [2.24, 2.45) is 34.5 Å². The molecular weight excluding hydrogens is 312 g/mol. The van der Waals surface area contributed by atoms with E-state index in [1.54, 1.807) is 6.92 Å². The van der Waals surface area contributed by atoms with E-state index >= 15 is 0 Å². The van der Waals surface area contributed by atoms with Crippen molar-refractivity contribution < 1.29 is 14.6 Å². The van der Waals surface area contributed by atoms with Crippen LogP contribution in [0.25, 0.3) is 0 Å². The van der Waals surface area contributed by atoms with E-state index in [1.807, 2.05) is 0 Å². The molecule has 140 valence electrons. The quantitative estimate of drug-likeness (QED) is 0.562. The molecule has 3 heteroatoms. The second-order valence-electron chi connectivity index (χ2n) is 9.88. The zero-order valence-corrected chi connectivity index (χ0v) is 16.3. The standard InChI is InChI=1S/C22H34O3/c1-13-11-15-12-16(24)7-9-21(15,3)18-8-10-22(4)17(20(13)18)5-6-19(22)25-14(2)23/h11,13,16-20,24H,5-10,12H2,1-4H3/t13-,16+,17+,18+,19+,20+,21+,22+/m1/s1. The number of hydrogen-bond acceptors (Lipinski definition) is 3. The third-order valence-electron chi connectivity index (χ3n) is 8.63. The van der Waals surface area contributed by atoms with E-state index in [1.165, 1.54) is 24.8 Å². The first-order chi connectivity index (χ1) is 11.8. The highest BCUT2D eigenvalue weighted by molar-refractivity contribution is 5.66. The van der Waals surface area contributed by atoms with Gasteiger partial charge in [0.15, 0.2) is 0 Å². The number of rotatable bonds is 1. The molecule has 0 radical (unpaired) electrons. The smallest absolute Gasteiger partial charge is 0.302 e. The van der Waals surface area contributed by atoms with E-state index in [-0.39, 0.29) is 29.0 Å². The largest absolute Gasteiger partial charge is 0.462 e. The average molecular weight is 347 g/mol. The van der Waals surface area contributed by atoms with E-state index < -0.39 is 0 Å². The Morgan fingerprint density at radius 1 is 1.16 bits per heavy atom. The van der Waals surface area contributed by atoms with Crippen molar-refractivity contribution in [3.63, 3.8) is 0 Å². The molecule has 3 nitrogen and oxygen atoms in total. The molecule has 3 fully saturated rings. The molecule has 0 aliphatic heterocycles. The number of fused-ring (bicyclic) bond motifs is 5. The summed E-state index contributed by atoms with van der Waals surface area (Å²) in [6.07, 6.45) is 10.1. The third-order valence-corrected chi connectivity index (χ3v) is 8.63. The van der Waals surface area contributed by atoms with Crippen molar-refractivity contribution in [1.82, 2.24) is 0 Å². The maximum atomic E-state index is 11.6. The fourth-order valence-electron chi connectivity index (χ4n) is 7.34. The van der Waals surface area contributed by atoms with E-state index in [0.717, 1.165) is 31.6 Å². The Kier molecular flexibility index (Phi) is 4.10. The fraction of sp³-hybridized carbons (Fsp3) is 0.864. The van der Waals surface area contributed by atoms with Crippen molar-refractivity contribution in [3.8, 4) is 0 Å². The van der Waals surface area contributed by atoms with E-state index in [2.05, 4.69) is 26.8 Å². The van der Waals surface area contributed by atoms with Crippen LogP contribution in [-0.2, 0) is 9.53 Å². The topological polar surface area (TPSA) is 46.5 Å². The second kappa shape index (κ2) is 5.84. The predicted molar refractivity (Wildman–Crippen MR) is 97.8 cm³/mol. The molecule has 0 unspecified atom stereocenters. The number of ether oxygens (including phenoxy) is 1. The minimum absolute atomic E-state index is 0.106. The Morgan fingerprint density at radius 2 is 1.92 bits per heavy atom. The number of carbonyl (C=O) groups excluding carboxylic acids is 1. The lowest BCUT2D eigenvalue weighted by molar-refractivity contribution is -0.157. The van der Waals surface area contributed by atoms with Crippen LogP contribution in [0.15, 0.2) is 11.6 Å². The molecule has 0 aromatic rings. The van der Waals surface area contributed by atoms with Crippen LogP contribution in [0.4, 0.5) is 0 Å². The van der Waals surface area contributed by atoms with Crippen LogP contribution in [0, 0.1) is 34.5 Å². The van der Waals surface area contributed by atoms with E-state index in [0.29, 0.717) is 17.8 Å². The van der Waals surface area contributed by atoms with Crippen LogP contribution in [0.5, 0.6) is 0 Å². The zero-order valence-electron chi connectivity index (χ0n) is 16.3. The lowest BCUT2D eigenvalue weighted by atomic mass is 9.46. The molecule has 0 spiro atoms. The Labute approximate surface area is 152 Å². The molecule has 3 saturated carbocycles. The molecule has 0 saturated heterocycles. The molecule has 0 aromatic carbocycles. The van der Waals surface area contributed by atoms with Gasteiger partial charge in [0.25, 0.3) is 0 Å². The van der Waals surface area contributed by atoms with Crippen LogP contribution >= 0.6 is 0 Å². The average Bonchev–Trinajstić information content (AvgIpc) is 2.85. The van der Waals surface area contributed by atoms with Gasteiger partial charge in [-0.2, -0.15) is 0 Å². The predicted octanol–water partition coefficient (Wildman–Crippen LogP) is 4.49. The van der Waals surface area contributed by atoms with Crippen LogP contribution in [0.3, 0.4) is 0 Å². The van der Waals surface area contributed by atoms with E-state index in [4.69, 9.17) is 4.74 Å². The number of aliphatic hydroxyl groups is 1. The molecule has 25 heavy (non-hydrogen) atoms. The molecule has 0 heterocycles. The summed E-state index contributed by atoms with van der Waals surface area (Å²) in [4.78, 5) is 11.6. The van der Waals surface area contributed by atoms with Crippen molar-refractivity contribution in [3.05, 3.63) is 11.6 Å². The first-order valence-corrected chi connectivity index (χ1v) is 10.3. The fourth-order valence-corrected chi connectivity index (χ4v) is 7.34. The minimum Gasteiger partial charge on any atom is -0.462 e. The van der Waals surface area contributed by atoms with Crippen molar-refractivity contribution in [2.75, 3.05) is 0 Å². The maximum Gasteiger partial charge on any atom is 0.302 e. The lowest BCUT2D eigenvalue weighted by Crippen LogP contribution is -2.53. The monoisotopic (exact) mass is 346 g/mol. The SMILES string of the molecule is CC(=O)O[C@H]1CC[C@H]2[C@@H]3[C@H](C)C=C4C[C@@H](O)CC[C@]4(C)[C@H]3CC[C@]12C. The van der Waals surface area contributed by atoms with Crippen LogP contribution in [0.2, 0.25) is 0 Å². The molecule has 1 N–H and O–H groups in total. The molecular formula is C22H34O3. The number of aliphatic hydroxyl groups excluding tert-OH is 1. The molecule has 0 amide bonds. The lowest BCUT2D eigenvalue weighted by Gasteiger charge is -2.59. The van der Waals surface area contributed by atoms with Gasteiger partial charge in [0.1, 0.15) is 6.10 Å². The van der Waals surface area contributed by atoms with Crippen LogP contribution in [0.1, 0.15) is 72.6 Å². The number of allylic oxidation sites excluding steroid dienone is 1. The van der Waals surface area contributed by atoms with Crippen LogP contribution < -0.4 is 0 Å². The number of esters is 1. The molecule has 4 aliphatic carbocycles. The second-order valence-corrected chi connectivity index (χ2v) is 9.88. The van der Waals surface area contributed by atoms with Gasteiger partial charge in [-0.3, -0.25) is 4.79 Å². The molecule has 4 rings (SSSR count). The van der Waals surface area contributed by atoms with Crippen molar-refractivity contribution in [1.29, 1.82) is 0 Å². The third kappa shape index (κ3) is 2.52. The summed E-state index contributed by atoms with van der Waals surface area (Å²) >= 11 is 0. The van der Waals surface area contributed by atoms with Gasteiger partial charge in [0, 0.05) is 12.3 Å². The summed E-state index contributed by atoms with van der Waals surface area (Å²) < 4.78 is 5.76. The van der Waals surface area contributed by atoms with Gasteiger partial charge in [-0.25, -0.2) is 0 Å². The normalized spacial score (nSPS) is 51.8. The number of hydrogen-bond donors (Lipinski definition) is 1. The Morgan fingerprint density at radius 3 is 2.64 bits per heavy atom. The van der Waals surface area contributed by atoms with Gasteiger partial charge >= 0.3 is 5.97 Å². The van der Waals surface area contributed by atoms with Gasteiger partial charge in [-0.05, 0) is 74.0 Å². The van der Waals surface area contributed by atoms with Gasteiger partial charge in [0.05, 0.1) is 6.10 Å². The van der Waals surface area contributed by atoms with Crippen molar-refractivity contribution >= 4 is 5.97 Å². The van der Waals surface area contributed by atoms with Crippen LogP contribution in [-0.4, -0.2) is 23.3 Å². The maximum absolute atomic E-state index is 11.6. The Bertz CT molecular complexity index is 596. The first kappa shape index (κ1) is 17.6. The van der Waals surface area contributed by atoms with Gasteiger partial charge in [-0.1, -0.05) is 32.4 Å². The van der Waals surface area contributed by atoms with Crippen molar-refractivity contribution in [2.45, 2.75) is 84.8 Å². The summed E-state index contributed by atoms with van der Waals surface area (Å²) in [6.45, 7) is 8.79. The summed E-state index contributed by atoms with van der Waals surface area (Å²) in [5.41, 5.74) is 1.95. The molecule has 0 bridgehead atoms. The number of carbonyl (C=O) groups is 1. The van der Waals surface area contributed by atoms with E-state index in [9.17, 15) is 9.90 Å². The highest BCUT2D eigenvalue weighted by atomic mass is 16.5. The summed E-state index contributed by atoms with van der Waals surface area (Å²) in [5, 5.41) is 10.2. The Balaban J connectivity index is 1.67. The highest BCUT2D eigenvalue weighted by Gasteiger charge is 2.60. The summed E-state index contributed by atoms with van der Waals surface area (Å²) in [6, 6.07) is 0. The first-order valence-electron chi connectivity index (χ1n) is 10.3. The summed E-state index contributed by atoms with van der Waals surface area (Å²) in [7, 11) is 0. The summed E-state index contributed by atoms with van der Waals surface area (Å²) in [5.74, 6) is 2.53. The molecule has 8 atom stereocenters. The van der Waals surface area contributed by atoms with Gasteiger partial charge in [-0.15, -0.1) is 0 Å². The highest BCUT2D eigenvalue weighted by Crippen LogP contribution is 2.66. The minimum atomic E-state index is -0.142. The van der Waals surface area contributed by atoms with Gasteiger partial charge in [0.2, 0.25) is 0 Å². The Hall–Kier alpha value is -0.830. The van der Waals surface area contributed by atoms with Gasteiger partial charge < -0.3 is 9.84 Å². The zero-order chi connectivity index (χ0) is 18.0.